The monoisotopic (exact) mass is 186 g/mol. The van der Waals surface area contributed by atoms with Crippen LogP contribution in [0.3, 0.4) is 0 Å². The van der Waals surface area contributed by atoms with Gasteiger partial charge in [0.1, 0.15) is 0 Å². The zero-order chi connectivity index (χ0) is 10.1. The molecule has 1 heterocycles. The van der Waals surface area contributed by atoms with Crippen LogP contribution in [0.2, 0.25) is 0 Å². The summed E-state index contributed by atoms with van der Waals surface area (Å²) in [6, 6.07) is 8.81. The fraction of sp³-hybridized carbons (Fsp3) is 0.417. The number of fused-ring (bicyclic) bond motifs is 1. The lowest BCUT2D eigenvalue weighted by molar-refractivity contribution is 0.227. The quantitative estimate of drug-likeness (QED) is 0.672. The molecule has 0 aliphatic carbocycles. The van der Waals surface area contributed by atoms with Gasteiger partial charge in [0.05, 0.1) is 11.6 Å². The van der Waals surface area contributed by atoms with Gasteiger partial charge in [0.25, 0.3) is 0 Å². The van der Waals surface area contributed by atoms with E-state index in [2.05, 4.69) is 30.9 Å². The lowest BCUT2D eigenvalue weighted by Gasteiger charge is -2.18. The molecular weight excluding hydrogens is 172 g/mol. The molecule has 0 unspecified atom stereocenters. The second-order valence-corrected chi connectivity index (χ2v) is 4.05. The zero-order valence-electron chi connectivity index (χ0n) is 8.62. The Morgan fingerprint density at radius 2 is 2.14 bits per heavy atom. The van der Waals surface area contributed by atoms with Crippen molar-refractivity contribution in [3.63, 3.8) is 0 Å². The number of nitrogens with zero attached hydrogens (tertiary/aromatic N) is 2. The first-order valence-corrected chi connectivity index (χ1v) is 4.97. The molecule has 1 aliphatic rings. The highest BCUT2D eigenvalue weighted by Crippen LogP contribution is 2.26. The third kappa shape index (κ3) is 1.40. The average molecular weight is 186 g/mol. The predicted molar refractivity (Wildman–Crippen MR) is 55.5 cm³/mol. The summed E-state index contributed by atoms with van der Waals surface area (Å²) in [5.74, 6) is 0. The van der Waals surface area contributed by atoms with Crippen LogP contribution in [0.1, 0.15) is 30.5 Å². The minimum absolute atomic E-state index is 0.550. The first-order chi connectivity index (χ1) is 6.72. The Bertz CT molecular complexity index is 388. The van der Waals surface area contributed by atoms with Gasteiger partial charge < -0.3 is 0 Å². The fourth-order valence-corrected chi connectivity index (χ4v) is 1.92. The first-order valence-electron chi connectivity index (χ1n) is 4.97. The van der Waals surface area contributed by atoms with Gasteiger partial charge in [0.2, 0.25) is 0 Å². The molecule has 0 spiro atoms. The van der Waals surface area contributed by atoms with Gasteiger partial charge in [-0.3, -0.25) is 4.90 Å². The van der Waals surface area contributed by atoms with Crippen molar-refractivity contribution in [1.82, 2.24) is 4.90 Å². The van der Waals surface area contributed by atoms with Crippen molar-refractivity contribution < 1.29 is 0 Å². The van der Waals surface area contributed by atoms with Crippen molar-refractivity contribution in [3.8, 4) is 6.07 Å². The Morgan fingerprint density at radius 1 is 1.36 bits per heavy atom. The largest absolute Gasteiger partial charge is 0.292 e. The summed E-state index contributed by atoms with van der Waals surface area (Å²) >= 11 is 0. The van der Waals surface area contributed by atoms with E-state index in [1.807, 2.05) is 12.1 Å². The van der Waals surface area contributed by atoms with Crippen LogP contribution in [0.4, 0.5) is 0 Å². The normalized spacial score (nSPS) is 15.6. The van der Waals surface area contributed by atoms with Crippen LogP contribution in [0.15, 0.2) is 18.2 Å². The van der Waals surface area contributed by atoms with Gasteiger partial charge in [-0.25, -0.2) is 0 Å². The number of nitriles is 1. The van der Waals surface area contributed by atoms with Crippen LogP contribution >= 0.6 is 0 Å². The van der Waals surface area contributed by atoms with Crippen molar-refractivity contribution >= 4 is 0 Å². The summed E-state index contributed by atoms with van der Waals surface area (Å²) < 4.78 is 0. The van der Waals surface area contributed by atoms with Gasteiger partial charge in [-0.15, -0.1) is 0 Å². The molecule has 1 aromatic carbocycles. The molecule has 1 aromatic rings. The van der Waals surface area contributed by atoms with E-state index in [9.17, 15) is 0 Å². The molecule has 72 valence electrons. The highest BCUT2D eigenvalue weighted by molar-refractivity contribution is 5.44. The third-order valence-corrected chi connectivity index (χ3v) is 2.86. The van der Waals surface area contributed by atoms with Crippen LogP contribution in [0.25, 0.3) is 0 Å². The van der Waals surface area contributed by atoms with Crippen LogP contribution in [-0.2, 0) is 13.1 Å². The van der Waals surface area contributed by atoms with E-state index in [0.717, 1.165) is 18.7 Å². The van der Waals surface area contributed by atoms with Crippen molar-refractivity contribution in [2.45, 2.75) is 33.0 Å². The second kappa shape index (κ2) is 3.43. The SMILES string of the molecule is CC(C)N1Cc2cccc(C#N)c2C1. The molecule has 0 bridgehead atoms. The predicted octanol–water partition coefficient (Wildman–Crippen LogP) is 2.28. The van der Waals surface area contributed by atoms with Gasteiger partial charge in [-0.05, 0) is 31.0 Å². The van der Waals surface area contributed by atoms with Crippen molar-refractivity contribution in [1.29, 1.82) is 5.26 Å². The molecular formula is C12H14N2. The maximum atomic E-state index is 8.96. The Labute approximate surface area is 84.8 Å². The van der Waals surface area contributed by atoms with E-state index in [0.29, 0.717) is 6.04 Å². The summed E-state index contributed by atoms with van der Waals surface area (Å²) in [6.07, 6.45) is 0. The molecule has 0 saturated heterocycles. The maximum Gasteiger partial charge on any atom is 0.0995 e. The molecule has 0 fully saturated rings. The highest BCUT2D eigenvalue weighted by Gasteiger charge is 2.22. The number of hydrogen-bond acceptors (Lipinski definition) is 2. The lowest BCUT2D eigenvalue weighted by Crippen LogP contribution is -2.24. The highest BCUT2D eigenvalue weighted by atomic mass is 15.2. The van der Waals surface area contributed by atoms with Gasteiger partial charge in [0.15, 0.2) is 0 Å². The van der Waals surface area contributed by atoms with Gasteiger partial charge >= 0.3 is 0 Å². The number of benzene rings is 1. The van der Waals surface area contributed by atoms with Crippen molar-refractivity contribution in [3.05, 3.63) is 34.9 Å². The fourth-order valence-electron chi connectivity index (χ4n) is 1.92. The summed E-state index contributed by atoms with van der Waals surface area (Å²) in [6.45, 7) is 6.30. The Morgan fingerprint density at radius 3 is 2.79 bits per heavy atom. The molecule has 0 saturated carbocycles. The molecule has 14 heavy (non-hydrogen) atoms. The van der Waals surface area contributed by atoms with E-state index >= 15 is 0 Å². The molecule has 0 radical (unpaired) electrons. The molecule has 2 rings (SSSR count). The summed E-state index contributed by atoms with van der Waals surface area (Å²) in [7, 11) is 0. The molecule has 0 aromatic heterocycles. The smallest absolute Gasteiger partial charge is 0.0995 e. The van der Waals surface area contributed by atoms with Gasteiger partial charge in [0, 0.05) is 19.1 Å². The Kier molecular flexibility index (Phi) is 2.26. The number of rotatable bonds is 1. The third-order valence-electron chi connectivity index (χ3n) is 2.86. The maximum absolute atomic E-state index is 8.96. The molecule has 1 aliphatic heterocycles. The van der Waals surface area contributed by atoms with Crippen LogP contribution < -0.4 is 0 Å². The molecule has 0 atom stereocenters. The zero-order valence-corrected chi connectivity index (χ0v) is 8.62. The lowest BCUT2D eigenvalue weighted by atomic mass is 10.1. The number of hydrogen-bond donors (Lipinski definition) is 0. The Hall–Kier alpha value is -1.33. The first kappa shape index (κ1) is 9.23. The van der Waals surface area contributed by atoms with E-state index in [1.165, 1.54) is 11.1 Å². The van der Waals surface area contributed by atoms with Gasteiger partial charge in [-0.1, -0.05) is 12.1 Å². The average Bonchev–Trinajstić information content (AvgIpc) is 2.60. The summed E-state index contributed by atoms with van der Waals surface area (Å²) in [4.78, 5) is 2.38. The standard InChI is InChI=1S/C12H14N2/c1-9(2)14-7-11-5-3-4-10(6-13)12(11)8-14/h3-5,9H,7-8H2,1-2H3. The second-order valence-electron chi connectivity index (χ2n) is 4.05. The summed E-state index contributed by atoms with van der Waals surface area (Å²) in [5.41, 5.74) is 3.38. The minimum atomic E-state index is 0.550. The molecule has 2 nitrogen and oxygen atoms in total. The van der Waals surface area contributed by atoms with E-state index in [-0.39, 0.29) is 0 Å². The van der Waals surface area contributed by atoms with Crippen LogP contribution in [0.5, 0.6) is 0 Å². The van der Waals surface area contributed by atoms with E-state index in [4.69, 9.17) is 5.26 Å². The van der Waals surface area contributed by atoms with Crippen molar-refractivity contribution in [2.75, 3.05) is 0 Å². The van der Waals surface area contributed by atoms with E-state index in [1.54, 1.807) is 0 Å². The van der Waals surface area contributed by atoms with E-state index < -0.39 is 0 Å². The van der Waals surface area contributed by atoms with Crippen LogP contribution in [0, 0.1) is 11.3 Å². The van der Waals surface area contributed by atoms with Gasteiger partial charge in [-0.2, -0.15) is 5.26 Å². The Balaban J connectivity index is 2.36. The topological polar surface area (TPSA) is 27.0 Å². The molecule has 2 heteroatoms. The summed E-state index contributed by atoms with van der Waals surface area (Å²) in [5, 5.41) is 8.96. The van der Waals surface area contributed by atoms with Crippen LogP contribution in [-0.4, -0.2) is 10.9 Å². The minimum Gasteiger partial charge on any atom is -0.292 e. The molecule has 0 N–H and O–H groups in total. The van der Waals surface area contributed by atoms with Crippen molar-refractivity contribution in [2.24, 2.45) is 0 Å². The molecule has 0 amide bonds.